The van der Waals surface area contributed by atoms with Crippen LogP contribution in [-0.4, -0.2) is 12.2 Å². The Hall–Kier alpha value is -2.11. The van der Waals surface area contributed by atoms with Crippen molar-refractivity contribution < 1.29 is 9.26 Å². The van der Waals surface area contributed by atoms with E-state index in [9.17, 15) is 0 Å². The first-order valence-corrected chi connectivity index (χ1v) is 7.59. The monoisotopic (exact) mass is 300 g/mol. The molecule has 2 aromatic heterocycles. The molecular weight excluding hydrogens is 284 g/mol. The molecule has 0 unspecified atom stereocenters. The number of nitrogens with zero attached hydrogens (tertiary/aromatic N) is 1. The van der Waals surface area contributed by atoms with Gasteiger partial charge >= 0.3 is 0 Å². The lowest BCUT2D eigenvalue weighted by Gasteiger charge is -2.06. The van der Waals surface area contributed by atoms with Crippen molar-refractivity contribution in [1.82, 2.24) is 10.5 Å². The highest BCUT2D eigenvalue weighted by Crippen LogP contribution is 2.25. The number of aromatic nitrogens is 1. The lowest BCUT2D eigenvalue weighted by Crippen LogP contribution is -2.05. The van der Waals surface area contributed by atoms with Gasteiger partial charge in [-0.15, -0.1) is 11.3 Å². The molecule has 5 heteroatoms. The van der Waals surface area contributed by atoms with Gasteiger partial charge in [0.25, 0.3) is 0 Å². The van der Waals surface area contributed by atoms with E-state index < -0.39 is 0 Å². The van der Waals surface area contributed by atoms with Crippen LogP contribution in [0.5, 0.6) is 5.75 Å². The fraction of sp³-hybridized carbons (Fsp3) is 0.188. The number of benzene rings is 1. The van der Waals surface area contributed by atoms with E-state index >= 15 is 0 Å². The van der Waals surface area contributed by atoms with E-state index in [1.54, 1.807) is 11.3 Å². The number of ether oxygens (including phenoxy) is 1. The molecule has 0 spiro atoms. The summed E-state index contributed by atoms with van der Waals surface area (Å²) in [4.78, 5) is 1.07. The molecule has 0 bridgehead atoms. The maximum Gasteiger partial charge on any atom is 0.177 e. The molecule has 3 aromatic rings. The van der Waals surface area contributed by atoms with E-state index in [0.29, 0.717) is 6.61 Å². The smallest absolute Gasteiger partial charge is 0.177 e. The number of rotatable bonds is 6. The Morgan fingerprint density at radius 2 is 2.19 bits per heavy atom. The summed E-state index contributed by atoms with van der Waals surface area (Å²) in [5, 5.41) is 9.18. The Kier molecular flexibility index (Phi) is 4.33. The minimum atomic E-state index is 0.401. The largest absolute Gasteiger partial charge is 0.487 e. The van der Waals surface area contributed by atoms with Crippen molar-refractivity contribution in [2.75, 3.05) is 7.05 Å². The Labute approximate surface area is 127 Å². The van der Waals surface area contributed by atoms with E-state index in [4.69, 9.17) is 9.26 Å². The molecule has 0 radical (unpaired) electrons. The van der Waals surface area contributed by atoms with Gasteiger partial charge in [-0.25, -0.2) is 0 Å². The molecule has 0 amide bonds. The summed E-state index contributed by atoms with van der Waals surface area (Å²) in [5.74, 6) is 1.62. The minimum absolute atomic E-state index is 0.401. The number of hydrogen-bond donors (Lipinski definition) is 1. The van der Waals surface area contributed by atoms with Gasteiger partial charge in [-0.1, -0.05) is 23.4 Å². The van der Waals surface area contributed by atoms with Crippen molar-refractivity contribution >= 4 is 11.3 Å². The van der Waals surface area contributed by atoms with E-state index in [1.165, 1.54) is 5.56 Å². The Morgan fingerprint density at radius 3 is 3.00 bits per heavy atom. The van der Waals surface area contributed by atoms with Crippen molar-refractivity contribution in [3.05, 3.63) is 59.1 Å². The zero-order chi connectivity index (χ0) is 14.5. The zero-order valence-corrected chi connectivity index (χ0v) is 12.5. The van der Waals surface area contributed by atoms with Crippen LogP contribution in [0.25, 0.3) is 10.6 Å². The molecule has 0 atom stereocenters. The van der Waals surface area contributed by atoms with Gasteiger partial charge in [0, 0.05) is 12.6 Å². The normalized spacial score (nSPS) is 10.7. The van der Waals surface area contributed by atoms with Crippen LogP contribution in [0.15, 0.2) is 52.4 Å². The minimum Gasteiger partial charge on any atom is -0.487 e. The van der Waals surface area contributed by atoms with Gasteiger partial charge in [-0.05, 0) is 36.2 Å². The summed E-state index contributed by atoms with van der Waals surface area (Å²) >= 11 is 1.63. The highest BCUT2D eigenvalue weighted by Gasteiger charge is 2.08. The second kappa shape index (κ2) is 6.56. The van der Waals surface area contributed by atoms with Crippen LogP contribution in [0.4, 0.5) is 0 Å². The van der Waals surface area contributed by atoms with Crippen molar-refractivity contribution in [3.8, 4) is 16.4 Å². The highest BCUT2D eigenvalue weighted by atomic mass is 32.1. The van der Waals surface area contributed by atoms with Gasteiger partial charge in [0.15, 0.2) is 5.76 Å². The molecule has 0 fully saturated rings. The topological polar surface area (TPSA) is 47.3 Å². The molecule has 0 aliphatic heterocycles. The quantitative estimate of drug-likeness (QED) is 0.754. The molecule has 2 heterocycles. The fourth-order valence-corrected chi connectivity index (χ4v) is 2.69. The van der Waals surface area contributed by atoms with Gasteiger partial charge in [-0.2, -0.15) is 0 Å². The zero-order valence-electron chi connectivity index (χ0n) is 11.7. The molecule has 21 heavy (non-hydrogen) atoms. The summed E-state index contributed by atoms with van der Waals surface area (Å²) in [6, 6.07) is 13.9. The Balaban J connectivity index is 1.64. The first kappa shape index (κ1) is 13.9. The Morgan fingerprint density at radius 1 is 1.24 bits per heavy atom. The second-order valence-electron chi connectivity index (χ2n) is 4.63. The summed E-state index contributed by atoms with van der Waals surface area (Å²) in [5.41, 5.74) is 1.98. The standard InChI is InChI=1S/C16H16N2O2S/c1-17-10-12-4-2-5-14(8-12)19-11-13-9-15(20-18-13)16-6-3-7-21-16/h2-9,17H,10-11H2,1H3. The van der Waals surface area contributed by atoms with E-state index in [2.05, 4.69) is 16.5 Å². The highest BCUT2D eigenvalue weighted by molar-refractivity contribution is 7.13. The molecule has 3 rings (SSSR count). The van der Waals surface area contributed by atoms with Gasteiger partial charge in [0.2, 0.25) is 0 Å². The van der Waals surface area contributed by atoms with E-state index in [0.717, 1.165) is 28.6 Å². The Bertz CT molecular complexity index is 692. The number of nitrogens with one attached hydrogen (secondary N) is 1. The summed E-state index contributed by atoms with van der Waals surface area (Å²) in [6.07, 6.45) is 0. The second-order valence-corrected chi connectivity index (χ2v) is 5.57. The van der Waals surface area contributed by atoms with E-state index in [-0.39, 0.29) is 0 Å². The van der Waals surface area contributed by atoms with Crippen molar-refractivity contribution in [1.29, 1.82) is 0 Å². The van der Waals surface area contributed by atoms with Crippen LogP contribution < -0.4 is 10.1 Å². The van der Waals surface area contributed by atoms with Crippen molar-refractivity contribution in [2.45, 2.75) is 13.2 Å². The van der Waals surface area contributed by atoms with Gasteiger partial charge < -0.3 is 14.6 Å². The predicted molar refractivity (Wildman–Crippen MR) is 83.4 cm³/mol. The van der Waals surface area contributed by atoms with Crippen LogP contribution >= 0.6 is 11.3 Å². The molecule has 1 N–H and O–H groups in total. The number of hydrogen-bond acceptors (Lipinski definition) is 5. The summed E-state index contributed by atoms with van der Waals surface area (Å²) in [7, 11) is 1.93. The van der Waals surface area contributed by atoms with Gasteiger partial charge in [0.05, 0.1) is 4.88 Å². The van der Waals surface area contributed by atoms with Crippen molar-refractivity contribution in [2.24, 2.45) is 0 Å². The molecule has 108 valence electrons. The van der Waals surface area contributed by atoms with Crippen LogP contribution in [-0.2, 0) is 13.2 Å². The third kappa shape index (κ3) is 3.51. The molecule has 0 aliphatic rings. The molecule has 0 aliphatic carbocycles. The third-order valence-electron chi connectivity index (χ3n) is 2.99. The maximum absolute atomic E-state index is 5.76. The molecule has 0 saturated heterocycles. The lowest BCUT2D eigenvalue weighted by molar-refractivity contribution is 0.290. The van der Waals surface area contributed by atoms with E-state index in [1.807, 2.05) is 48.8 Å². The average molecular weight is 300 g/mol. The maximum atomic E-state index is 5.76. The van der Waals surface area contributed by atoms with Gasteiger partial charge in [0.1, 0.15) is 18.1 Å². The first-order valence-electron chi connectivity index (χ1n) is 6.71. The molecule has 0 saturated carbocycles. The molecule has 1 aromatic carbocycles. The SMILES string of the molecule is CNCc1cccc(OCc2cc(-c3cccs3)on2)c1. The van der Waals surface area contributed by atoms with Gasteiger partial charge in [-0.3, -0.25) is 0 Å². The van der Waals surface area contributed by atoms with Crippen LogP contribution in [0.2, 0.25) is 0 Å². The fourth-order valence-electron chi connectivity index (χ4n) is 2.02. The predicted octanol–water partition coefficient (Wildman–Crippen LogP) is 3.70. The average Bonchev–Trinajstić information content (AvgIpc) is 3.17. The van der Waals surface area contributed by atoms with Crippen molar-refractivity contribution in [3.63, 3.8) is 0 Å². The number of thiophene rings is 1. The first-order chi connectivity index (χ1) is 10.3. The molecule has 4 nitrogen and oxygen atoms in total. The third-order valence-corrected chi connectivity index (χ3v) is 3.87. The molecular formula is C16H16N2O2S. The van der Waals surface area contributed by atoms with Crippen LogP contribution in [0.3, 0.4) is 0 Å². The summed E-state index contributed by atoms with van der Waals surface area (Å²) in [6.45, 7) is 1.22. The lowest BCUT2D eigenvalue weighted by atomic mass is 10.2. The van der Waals surface area contributed by atoms with Crippen LogP contribution in [0, 0.1) is 0 Å². The summed E-state index contributed by atoms with van der Waals surface area (Å²) < 4.78 is 11.1. The van der Waals surface area contributed by atoms with Crippen LogP contribution in [0.1, 0.15) is 11.3 Å².